The summed E-state index contributed by atoms with van der Waals surface area (Å²) in [5.74, 6) is 0. The molecule has 21 heavy (non-hydrogen) atoms. The number of benzene rings is 2. The summed E-state index contributed by atoms with van der Waals surface area (Å²) >= 11 is 10.1. The summed E-state index contributed by atoms with van der Waals surface area (Å²) in [5, 5.41) is 0.799. The topological polar surface area (TPSA) is 0 Å². The molecule has 2 heteroatoms. The van der Waals surface area contributed by atoms with Gasteiger partial charge < -0.3 is 0 Å². The average Bonchev–Trinajstić information content (AvgIpc) is 2.55. The van der Waals surface area contributed by atoms with Gasteiger partial charge in [-0.2, -0.15) is 0 Å². The van der Waals surface area contributed by atoms with E-state index in [2.05, 4.69) is 61.8 Å². The van der Waals surface area contributed by atoms with Crippen LogP contribution in [-0.4, -0.2) is 0 Å². The zero-order chi connectivity index (χ0) is 15.4. The van der Waals surface area contributed by atoms with E-state index in [0.29, 0.717) is 0 Å². The van der Waals surface area contributed by atoms with E-state index in [1.165, 1.54) is 23.1 Å². The van der Waals surface area contributed by atoms with Gasteiger partial charge >= 0.3 is 0 Å². The van der Waals surface area contributed by atoms with E-state index >= 15 is 0 Å². The molecule has 0 saturated heterocycles. The van der Waals surface area contributed by atoms with Crippen LogP contribution in [-0.2, 0) is 10.8 Å². The molecule has 0 amide bonds. The average molecular weight is 364 g/mol. The molecule has 0 heterocycles. The van der Waals surface area contributed by atoms with Gasteiger partial charge in [0.2, 0.25) is 0 Å². The van der Waals surface area contributed by atoms with Crippen LogP contribution in [0.25, 0.3) is 11.1 Å². The second-order valence-electron chi connectivity index (χ2n) is 7.30. The van der Waals surface area contributed by atoms with Crippen LogP contribution in [0.5, 0.6) is 0 Å². The minimum atomic E-state index is 0.204. The van der Waals surface area contributed by atoms with Crippen molar-refractivity contribution in [2.24, 2.45) is 0 Å². The van der Waals surface area contributed by atoms with Crippen molar-refractivity contribution in [2.45, 2.75) is 44.9 Å². The molecule has 2 aromatic rings. The van der Waals surface area contributed by atoms with Gasteiger partial charge in [-0.05, 0) is 52.1 Å². The Balaban J connectivity index is 2.26. The summed E-state index contributed by atoms with van der Waals surface area (Å²) in [6, 6.07) is 12.7. The maximum Gasteiger partial charge on any atom is 0.0484 e. The van der Waals surface area contributed by atoms with Crippen LogP contribution in [0.2, 0.25) is 5.02 Å². The van der Waals surface area contributed by atoms with Crippen molar-refractivity contribution in [3.63, 3.8) is 0 Å². The zero-order valence-corrected chi connectivity index (χ0v) is 15.3. The normalized spacial score (nSPS) is 18.6. The first kappa shape index (κ1) is 15.1. The summed E-state index contributed by atoms with van der Waals surface area (Å²) in [4.78, 5) is 0. The first-order chi connectivity index (χ1) is 9.72. The molecule has 0 aliphatic heterocycles. The molecule has 0 fully saturated rings. The lowest BCUT2D eigenvalue weighted by Crippen LogP contribution is -2.17. The lowest BCUT2D eigenvalue weighted by Gasteiger charge is -2.22. The van der Waals surface area contributed by atoms with E-state index < -0.39 is 0 Å². The highest BCUT2D eigenvalue weighted by Crippen LogP contribution is 2.51. The van der Waals surface area contributed by atoms with Crippen LogP contribution in [0.3, 0.4) is 0 Å². The molecule has 0 atom stereocenters. The van der Waals surface area contributed by atoms with E-state index in [1.54, 1.807) is 0 Å². The van der Waals surface area contributed by atoms with Gasteiger partial charge in [0.05, 0.1) is 0 Å². The van der Waals surface area contributed by atoms with Gasteiger partial charge in [0.15, 0.2) is 0 Å². The van der Waals surface area contributed by atoms with Crippen molar-refractivity contribution < 1.29 is 0 Å². The van der Waals surface area contributed by atoms with E-state index in [0.717, 1.165) is 15.1 Å². The molecule has 1 aliphatic rings. The summed E-state index contributed by atoms with van der Waals surface area (Å²) in [6.07, 6.45) is 1.17. The van der Waals surface area contributed by atoms with Crippen molar-refractivity contribution in [1.29, 1.82) is 0 Å². The molecule has 0 bridgehead atoms. The third kappa shape index (κ3) is 2.45. The third-order valence-corrected chi connectivity index (χ3v) is 5.60. The van der Waals surface area contributed by atoms with Gasteiger partial charge in [-0.25, -0.2) is 0 Å². The Labute approximate surface area is 140 Å². The lowest BCUT2D eigenvalue weighted by atomic mass is 9.82. The highest BCUT2D eigenvalue weighted by molar-refractivity contribution is 9.10. The van der Waals surface area contributed by atoms with Crippen molar-refractivity contribution >= 4 is 27.5 Å². The molecule has 0 radical (unpaired) electrons. The van der Waals surface area contributed by atoms with Gasteiger partial charge in [-0.3, -0.25) is 0 Å². The largest absolute Gasteiger partial charge is 0.0837 e. The molecule has 110 valence electrons. The van der Waals surface area contributed by atoms with Crippen LogP contribution in [0.1, 0.15) is 45.2 Å². The Hall–Kier alpha value is -0.790. The van der Waals surface area contributed by atoms with Gasteiger partial charge in [-0.15, -0.1) is 0 Å². The molecule has 0 aromatic heterocycles. The Morgan fingerprint density at radius 1 is 0.905 bits per heavy atom. The monoisotopic (exact) mass is 362 g/mol. The SMILES string of the molecule is CC1(C)CC(C)(C)c2cc(-c3ccccc3Cl)c(Br)cc21. The Bertz CT molecular complexity index is 714. The number of fused-ring (bicyclic) bond motifs is 1. The van der Waals surface area contributed by atoms with E-state index in [9.17, 15) is 0 Å². The molecular formula is C19H20BrCl. The van der Waals surface area contributed by atoms with Crippen molar-refractivity contribution in [1.82, 2.24) is 0 Å². The van der Waals surface area contributed by atoms with Crippen molar-refractivity contribution in [2.75, 3.05) is 0 Å². The van der Waals surface area contributed by atoms with Gasteiger partial charge in [-0.1, -0.05) is 73.4 Å². The first-order valence-corrected chi connectivity index (χ1v) is 8.49. The fourth-order valence-corrected chi connectivity index (χ4v) is 4.67. The molecule has 1 aliphatic carbocycles. The van der Waals surface area contributed by atoms with Crippen molar-refractivity contribution in [3.05, 3.63) is 57.0 Å². The Kier molecular flexibility index (Phi) is 3.50. The smallest absolute Gasteiger partial charge is 0.0484 e. The minimum absolute atomic E-state index is 0.204. The fraction of sp³-hybridized carbons (Fsp3) is 0.368. The first-order valence-electron chi connectivity index (χ1n) is 7.32. The molecule has 3 rings (SSSR count). The maximum absolute atomic E-state index is 6.39. The predicted molar refractivity (Wildman–Crippen MR) is 95.3 cm³/mol. The maximum atomic E-state index is 6.39. The van der Waals surface area contributed by atoms with Gasteiger partial charge in [0.25, 0.3) is 0 Å². The number of hydrogen-bond donors (Lipinski definition) is 0. The van der Waals surface area contributed by atoms with Crippen LogP contribution >= 0.6 is 27.5 Å². The Morgan fingerprint density at radius 2 is 1.48 bits per heavy atom. The van der Waals surface area contributed by atoms with Crippen LogP contribution in [0.4, 0.5) is 0 Å². The van der Waals surface area contributed by atoms with Gasteiger partial charge in [0, 0.05) is 15.1 Å². The third-order valence-electron chi connectivity index (χ3n) is 4.61. The fourth-order valence-electron chi connectivity index (χ4n) is 3.87. The van der Waals surface area contributed by atoms with E-state index in [-0.39, 0.29) is 10.8 Å². The number of rotatable bonds is 1. The lowest BCUT2D eigenvalue weighted by molar-refractivity contribution is 0.403. The highest BCUT2D eigenvalue weighted by atomic mass is 79.9. The minimum Gasteiger partial charge on any atom is -0.0837 e. The molecule has 2 aromatic carbocycles. The molecule has 0 saturated carbocycles. The van der Waals surface area contributed by atoms with Gasteiger partial charge in [0.1, 0.15) is 0 Å². The standard InChI is InChI=1S/C19H20BrCl/c1-18(2)11-19(3,4)15-10-16(20)13(9-14(15)18)12-7-5-6-8-17(12)21/h5-10H,11H2,1-4H3. The summed E-state index contributed by atoms with van der Waals surface area (Å²) in [6.45, 7) is 9.35. The number of halogens is 2. The Morgan fingerprint density at radius 3 is 2.10 bits per heavy atom. The molecular weight excluding hydrogens is 344 g/mol. The highest BCUT2D eigenvalue weighted by Gasteiger charge is 2.42. The summed E-state index contributed by atoms with van der Waals surface area (Å²) in [7, 11) is 0. The van der Waals surface area contributed by atoms with E-state index in [1.807, 2.05) is 18.2 Å². The molecule has 0 unspecified atom stereocenters. The second-order valence-corrected chi connectivity index (χ2v) is 8.56. The van der Waals surface area contributed by atoms with Crippen LogP contribution in [0, 0.1) is 0 Å². The zero-order valence-electron chi connectivity index (χ0n) is 12.9. The number of hydrogen-bond acceptors (Lipinski definition) is 0. The molecule has 0 nitrogen and oxygen atoms in total. The van der Waals surface area contributed by atoms with Crippen LogP contribution < -0.4 is 0 Å². The summed E-state index contributed by atoms with van der Waals surface area (Å²) in [5.41, 5.74) is 5.61. The molecule has 0 N–H and O–H groups in total. The van der Waals surface area contributed by atoms with Crippen LogP contribution in [0.15, 0.2) is 40.9 Å². The molecule has 0 spiro atoms. The predicted octanol–water partition coefficient (Wildman–Crippen LogP) is 6.73. The van der Waals surface area contributed by atoms with Crippen molar-refractivity contribution in [3.8, 4) is 11.1 Å². The quantitative estimate of drug-likeness (QED) is 0.527. The van der Waals surface area contributed by atoms with E-state index in [4.69, 9.17) is 11.6 Å². The second kappa shape index (κ2) is 4.86. The summed E-state index contributed by atoms with van der Waals surface area (Å²) < 4.78 is 1.13.